The number of halogens is 1. The first-order valence-corrected chi connectivity index (χ1v) is 10.9. The maximum absolute atomic E-state index is 13.0. The molecule has 1 aliphatic carbocycles. The summed E-state index contributed by atoms with van der Waals surface area (Å²) >= 11 is 3.62. The molecule has 4 rings (SSSR count). The predicted octanol–water partition coefficient (Wildman–Crippen LogP) is 6.03. The molecule has 0 saturated heterocycles. The number of hydrogen-bond donors (Lipinski definition) is 0. The summed E-state index contributed by atoms with van der Waals surface area (Å²) in [6.07, 6.45) is 0.719. The molecule has 0 unspecified atom stereocenters. The van der Waals surface area contributed by atoms with Crippen LogP contribution in [0.5, 0.6) is 17.2 Å². The lowest BCUT2D eigenvalue weighted by Crippen LogP contribution is -2.25. The number of rotatable bonds is 8. The van der Waals surface area contributed by atoms with Crippen molar-refractivity contribution >= 4 is 21.9 Å². The number of ether oxygens (including phenoxy) is 3. The van der Waals surface area contributed by atoms with E-state index < -0.39 is 5.41 Å². The fraction of sp³-hybridized carbons (Fsp3) is 0.240. The van der Waals surface area contributed by atoms with Crippen molar-refractivity contribution in [1.29, 1.82) is 0 Å². The Morgan fingerprint density at radius 3 is 2.33 bits per heavy atom. The molecule has 4 nitrogen and oxygen atoms in total. The lowest BCUT2D eigenvalue weighted by molar-refractivity contribution is -0.148. The maximum atomic E-state index is 13.0. The normalized spacial score (nSPS) is 19.7. The van der Waals surface area contributed by atoms with Crippen molar-refractivity contribution in [3.05, 3.63) is 90.0 Å². The Labute approximate surface area is 184 Å². The molecule has 0 heterocycles. The van der Waals surface area contributed by atoms with Crippen LogP contribution in [-0.2, 0) is 21.6 Å². The summed E-state index contributed by atoms with van der Waals surface area (Å²) in [7, 11) is 0. The van der Waals surface area contributed by atoms with Crippen LogP contribution in [0.25, 0.3) is 0 Å². The molecule has 1 aliphatic rings. The van der Waals surface area contributed by atoms with Gasteiger partial charge in [0.1, 0.15) is 29.3 Å². The van der Waals surface area contributed by atoms with Crippen LogP contribution in [0.3, 0.4) is 0 Å². The predicted molar refractivity (Wildman–Crippen MR) is 119 cm³/mol. The average Bonchev–Trinajstić information content (AvgIpc) is 3.46. The Bertz CT molecular complexity index is 1000. The minimum absolute atomic E-state index is 0.0724. The van der Waals surface area contributed by atoms with Gasteiger partial charge in [0.15, 0.2) is 0 Å². The molecule has 154 valence electrons. The summed E-state index contributed by atoms with van der Waals surface area (Å²) in [6, 6.07) is 24.9. The topological polar surface area (TPSA) is 44.8 Å². The van der Waals surface area contributed by atoms with E-state index in [4.69, 9.17) is 14.2 Å². The molecule has 0 radical (unpaired) electrons. The third-order valence-electron chi connectivity index (χ3n) is 5.17. The van der Waals surface area contributed by atoms with Gasteiger partial charge in [0.25, 0.3) is 0 Å². The Kier molecular flexibility index (Phi) is 6.09. The van der Waals surface area contributed by atoms with Crippen molar-refractivity contribution in [2.45, 2.75) is 30.2 Å². The molecule has 1 saturated carbocycles. The van der Waals surface area contributed by atoms with Gasteiger partial charge in [-0.15, -0.1) is 0 Å². The quantitative estimate of drug-likeness (QED) is 0.300. The second kappa shape index (κ2) is 8.92. The lowest BCUT2D eigenvalue weighted by atomic mass is 9.96. The third-order valence-corrected chi connectivity index (χ3v) is 6.27. The fourth-order valence-electron chi connectivity index (χ4n) is 3.47. The Morgan fingerprint density at radius 1 is 0.967 bits per heavy atom. The van der Waals surface area contributed by atoms with Crippen molar-refractivity contribution in [1.82, 2.24) is 0 Å². The van der Waals surface area contributed by atoms with Gasteiger partial charge in [0, 0.05) is 4.83 Å². The van der Waals surface area contributed by atoms with Crippen LogP contribution in [0.15, 0.2) is 78.9 Å². The molecule has 0 amide bonds. The summed E-state index contributed by atoms with van der Waals surface area (Å²) in [5, 5.41) is 0. The Morgan fingerprint density at radius 2 is 1.67 bits per heavy atom. The molecule has 3 aromatic rings. The average molecular weight is 467 g/mol. The first-order valence-electron chi connectivity index (χ1n) is 9.98. The number of para-hydroxylation sites is 1. The van der Waals surface area contributed by atoms with Gasteiger partial charge >= 0.3 is 5.97 Å². The molecule has 1 fully saturated rings. The van der Waals surface area contributed by atoms with E-state index in [9.17, 15) is 4.79 Å². The molecule has 2 atom stereocenters. The number of alkyl halides is 1. The number of esters is 1. The highest BCUT2D eigenvalue weighted by Gasteiger charge is 2.61. The molecule has 5 heteroatoms. The van der Waals surface area contributed by atoms with E-state index >= 15 is 0 Å². The largest absolute Gasteiger partial charge is 0.494 e. The molecule has 0 bridgehead atoms. The SMILES string of the molecule is CCOc1ccc([C@@]2(C(=O)OCc3cccc(Oc4ccccc4)c3)C[C@@H]2Br)cc1. The minimum Gasteiger partial charge on any atom is -0.494 e. The molecule has 3 aromatic carbocycles. The van der Waals surface area contributed by atoms with Crippen molar-refractivity contribution in [3.8, 4) is 17.2 Å². The van der Waals surface area contributed by atoms with Crippen molar-refractivity contribution in [2.75, 3.05) is 6.61 Å². The molecule has 0 spiro atoms. The molecule has 30 heavy (non-hydrogen) atoms. The van der Waals surface area contributed by atoms with Crippen molar-refractivity contribution in [2.24, 2.45) is 0 Å². The van der Waals surface area contributed by atoms with Gasteiger partial charge in [-0.05, 0) is 60.9 Å². The van der Waals surface area contributed by atoms with Gasteiger partial charge in [-0.2, -0.15) is 0 Å². The van der Waals surface area contributed by atoms with Crippen LogP contribution in [0, 0.1) is 0 Å². The molecular weight excluding hydrogens is 444 g/mol. The second-order valence-electron chi connectivity index (χ2n) is 7.24. The van der Waals surface area contributed by atoms with Crippen LogP contribution < -0.4 is 9.47 Å². The van der Waals surface area contributed by atoms with Crippen LogP contribution in [0.4, 0.5) is 0 Å². The van der Waals surface area contributed by atoms with E-state index in [1.54, 1.807) is 0 Å². The van der Waals surface area contributed by atoms with E-state index in [1.807, 2.05) is 85.8 Å². The minimum atomic E-state index is -0.636. The zero-order valence-corrected chi connectivity index (χ0v) is 18.3. The van der Waals surface area contributed by atoms with E-state index in [2.05, 4.69) is 15.9 Å². The van der Waals surface area contributed by atoms with E-state index in [1.165, 1.54) is 0 Å². The Hall–Kier alpha value is -2.79. The molecular formula is C25H23BrO4. The first kappa shape index (κ1) is 20.5. The second-order valence-corrected chi connectivity index (χ2v) is 8.34. The van der Waals surface area contributed by atoms with Crippen LogP contribution in [0.2, 0.25) is 0 Å². The van der Waals surface area contributed by atoms with Gasteiger partial charge in [-0.25, -0.2) is 0 Å². The maximum Gasteiger partial charge on any atom is 0.318 e. The summed E-state index contributed by atoms with van der Waals surface area (Å²) in [4.78, 5) is 13.1. The van der Waals surface area contributed by atoms with E-state index in [-0.39, 0.29) is 17.4 Å². The number of hydrogen-bond acceptors (Lipinski definition) is 4. The van der Waals surface area contributed by atoms with Gasteiger partial charge in [0.2, 0.25) is 0 Å². The van der Waals surface area contributed by atoms with Crippen LogP contribution in [-0.4, -0.2) is 17.4 Å². The van der Waals surface area contributed by atoms with Gasteiger partial charge in [0.05, 0.1) is 6.61 Å². The van der Waals surface area contributed by atoms with Crippen molar-refractivity contribution < 1.29 is 19.0 Å². The first-order chi connectivity index (χ1) is 14.6. The highest BCUT2D eigenvalue weighted by Crippen LogP contribution is 2.54. The highest BCUT2D eigenvalue weighted by molar-refractivity contribution is 9.09. The van der Waals surface area contributed by atoms with Crippen molar-refractivity contribution in [3.63, 3.8) is 0 Å². The lowest BCUT2D eigenvalue weighted by Gasteiger charge is -2.17. The summed E-state index contributed by atoms with van der Waals surface area (Å²) < 4.78 is 17.1. The monoisotopic (exact) mass is 466 g/mol. The molecule has 0 aromatic heterocycles. The smallest absolute Gasteiger partial charge is 0.318 e. The van der Waals surface area contributed by atoms with Crippen LogP contribution in [0.1, 0.15) is 24.5 Å². The third kappa shape index (κ3) is 4.36. The standard InChI is InChI=1S/C25H23BrO4/c1-2-28-20-13-11-19(12-14-20)25(16-23(25)26)24(27)29-17-18-7-6-10-22(15-18)30-21-8-4-3-5-9-21/h3-15,23H,2,16-17H2,1H3/t23-,25-/m0/s1. The number of carbonyl (C=O) groups is 1. The Balaban J connectivity index is 1.42. The molecule has 0 aliphatic heterocycles. The molecule has 0 N–H and O–H groups in total. The number of benzene rings is 3. The summed E-state index contributed by atoms with van der Waals surface area (Å²) in [6.45, 7) is 2.76. The van der Waals surface area contributed by atoms with Gasteiger partial charge in [-0.3, -0.25) is 4.79 Å². The van der Waals surface area contributed by atoms with E-state index in [0.29, 0.717) is 12.4 Å². The van der Waals surface area contributed by atoms with Crippen LogP contribution >= 0.6 is 15.9 Å². The summed E-state index contributed by atoms with van der Waals surface area (Å²) in [5.41, 5.74) is 1.19. The zero-order valence-electron chi connectivity index (χ0n) is 16.7. The van der Waals surface area contributed by atoms with Gasteiger partial charge < -0.3 is 14.2 Å². The summed E-state index contributed by atoms with van der Waals surface area (Å²) in [5.74, 6) is 2.05. The fourth-order valence-corrected chi connectivity index (χ4v) is 4.43. The van der Waals surface area contributed by atoms with Gasteiger partial charge in [-0.1, -0.05) is 58.4 Å². The van der Waals surface area contributed by atoms with E-state index in [0.717, 1.165) is 29.0 Å². The number of carbonyl (C=O) groups excluding carboxylic acids is 1. The highest BCUT2D eigenvalue weighted by atomic mass is 79.9. The zero-order chi connectivity index (χ0) is 21.0.